The number of carbonyl (C=O) groups excluding carboxylic acids is 3. The van der Waals surface area contributed by atoms with E-state index in [0.29, 0.717) is 35.0 Å². The number of ether oxygens (including phenoxy) is 3. The van der Waals surface area contributed by atoms with E-state index in [2.05, 4.69) is 24.1 Å². The van der Waals surface area contributed by atoms with Crippen molar-refractivity contribution in [2.75, 3.05) is 51.4 Å². The third-order valence-electron chi connectivity index (χ3n) is 5.96. The molecule has 1 aliphatic heterocycles. The number of benzene rings is 2. The highest BCUT2D eigenvalue weighted by Gasteiger charge is 2.33. The SMILES string of the molecule is CCN(CC)CCNC(=O)[C@@H](C)N1C(=O)COc2ccc(C(=O)COc3cccc(OC)c3)cc21. The number of amides is 2. The van der Waals surface area contributed by atoms with Gasteiger partial charge in [0.15, 0.2) is 19.0 Å². The number of Topliss-reactive ketones (excluding diaryl/α,β-unsaturated/α-hetero) is 1. The van der Waals surface area contributed by atoms with Gasteiger partial charge in [-0.15, -0.1) is 0 Å². The van der Waals surface area contributed by atoms with Crippen LogP contribution in [0.1, 0.15) is 31.1 Å². The van der Waals surface area contributed by atoms with Gasteiger partial charge in [0, 0.05) is 24.7 Å². The molecule has 0 bridgehead atoms. The summed E-state index contributed by atoms with van der Waals surface area (Å²) >= 11 is 0. The molecule has 9 heteroatoms. The minimum atomic E-state index is -0.764. The van der Waals surface area contributed by atoms with Crippen LogP contribution in [0, 0.1) is 0 Å². The van der Waals surface area contributed by atoms with E-state index in [0.717, 1.165) is 19.6 Å². The fraction of sp³-hybridized carbons (Fsp3) is 0.423. The first-order valence-electron chi connectivity index (χ1n) is 11.8. The summed E-state index contributed by atoms with van der Waals surface area (Å²) < 4.78 is 16.3. The number of fused-ring (bicyclic) bond motifs is 1. The third-order valence-corrected chi connectivity index (χ3v) is 5.96. The Morgan fingerprint density at radius 2 is 1.89 bits per heavy atom. The molecule has 3 rings (SSSR count). The minimum absolute atomic E-state index is 0.170. The van der Waals surface area contributed by atoms with Gasteiger partial charge in [0.25, 0.3) is 5.91 Å². The molecule has 1 heterocycles. The molecule has 2 aromatic carbocycles. The van der Waals surface area contributed by atoms with Gasteiger partial charge in [0.1, 0.15) is 23.3 Å². The summed E-state index contributed by atoms with van der Waals surface area (Å²) in [5, 5.41) is 2.90. The number of carbonyl (C=O) groups is 3. The van der Waals surface area contributed by atoms with Crippen molar-refractivity contribution < 1.29 is 28.6 Å². The molecule has 0 aromatic heterocycles. The second-order valence-corrected chi connectivity index (χ2v) is 8.12. The Kier molecular flexibility index (Phi) is 9.08. The van der Waals surface area contributed by atoms with Crippen molar-refractivity contribution in [2.45, 2.75) is 26.8 Å². The number of anilines is 1. The van der Waals surface area contributed by atoms with Gasteiger partial charge in [-0.05, 0) is 50.3 Å². The van der Waals surface area contributed by atoms with Crippen molar-refractivity contribution >= 4 is 23.3 Å². The van der Waals surface area contributed by atoms with Crippen LogP contribution in [0.5, 0.6) is 17.2 Å². The Morgan fingerprint density at radius 3 is 2.60 bits per heavy atom. The van der Waals surface area contributed by atoms with E-state index >= 15 is 0 Å². The molecule has 2 amide bonds. The van der Waals surface area contributed by atoms with Crippen LogP contribution >= 0.6 is 0 Å². The van der Waals surface area contributed by atoms with Crippen LogP contribution in [0.25, 0.3) is 0 Å². The first-order valence-corrected chi connectivity index (χ1v) is 11.8. The highest BCUT2D eigenvalue weighted by Crippen LogP contribution is 2.34. The van der Waals surface area contributed by atoms with Gasteiger partial charge in [-0.2, -0.15) is 0 Å². The van der Waals surface area contributed by atoms with Crippen LogP contribution in [0.15, 0.2) is 42.5 Å². The summed E-state index contributed by atoms with van der Waals surface area (Å²) in [4.78, 5) is 42.0. The Hall–Kier alpha value is -3.59. The maximum absolute atomic E-state index is 12.8. The number of likely N-dealkylation sites (N-methyl/N-ethyl adjacent to an activating group) is 1. The highest BCUT2D eigenvalue weighted by molar-refractivity contribution is 6.05. The van der Waals surface area contributed by atoms with Gasteiger partial charge in [0.05, 0.1) is 12.8 Å². The number of nitrogens with zero attached hydrogens (tertiary/aromatic N) is 2. The van der Waals surface area contributed by atoms with E-state index in [9.17, 15) is 14.4 Å². The standard InChI is InChI=1S/C26H33N3O6/c1-5-28(6-2)13-12-27-26(32)18(3)29-22-14-19(10-11-24(22)35-17-25(29)31)23(30)16-34-21-9-7-8-20(15-21)33-4/h7-11,14-15,18H,5-6,12-13,16-17H2,1-4H3,(H,27,32)/t18-/m1/s1. The van der Waals surface area contributed by atoms with Gasteiger partial charge < -0.3 is 24.4 Å². The van der Waals surface area contributed by atoms with Crippen LogP contribution in [-0.2, 0) is 9.59 Å². The van der Waals surface area contributed by atoms with Crippen LogP contribution in [-0.4, -0.2) is 75.0 Å². The molecule has 188 valence electrons. The Balaban J connectivity index is 1.71. The molecule has 0 aliphatic carbocycles. The van der Waals surface area contributed by atoms with Crippen LogP contribution in [0.2, 0.25) is 0 Å². The molecule has 0 saturated heterocycles. The average molecular weight is 484 g/mol. The van der Waals surface area contributed by atoms with E-state index in [1.807, 2.05) is 0 Å². The summed E-state index contributed by atoms with van der Waals surface area (Å²) in [6.07, 6.45) is 0. The summed E-state index contributed by atoms with van der Waals surface area (Å²) in [5.41, 5.74) is 0.740. The molecular formula is C26H33N3O6. The maximum atomic E-state index is 12.8. The maximum Gasteiger partial charge on any atom is 0.265 e. The van der Waals surface area contributed by atoms with Crippen molar-refractivity contribution in [3.05, 3.63) is 48.0 Å². The number of hydrogen-bond donors (Lipinski definition) is 1. The molecule has 0 fully saturated rings. The van der Waals surface area contributed by atoms with Crippen LogP contribution in [0.4, 0.5) is 5.69 Å². The van der Waals surface area contributed by atoms with Gasteiger partial charge in [-0.25, -0.2) is 0 Å². The van der Waals surface area contributed by atoms with Crippen molar-refractivity contribution in [1.29, 1.82) is 0 Å². The lowest BCUT2D eigenvalue weighted by Gasteiger charge is -2.33. The van der Waals surface area contributed by atoms with Gasteiger partial charge in [0.2, 0.25) is 5.91 Å². The Bertz CT molecular complexity index is 1050. The summed E-state index contributed by atoms with van der Waals surface area (Å²) in [6.45, 7) is 8.45. The molecule has 0 saturated carbocycles. The number of hydrogen-bond acceptors (Lipinski definition) is 7. The van der Waals surface area contributed by atoms with Crippen molar-refractivity contribution in [3.63, 3.8) is 0 Å². The predicted octanol–water partition coefficient (Wildman–Crippen LogP) is 2.53. The predicted molar refractivity (Wildman–Crippen MR) is 133 cm³/mol. The molecule has 1 N–H and O–H groups in total. The largest absolute Gasteiger partial charge is 0.497 e. The molecule has 35 heavy (non-hydrogen) atoms. The van der Waals surface area contributed by atoms with E-state index in [4.69, 9.17) is 14.2 Å². The average Bonchev–Trinajstić information content (AvgIpc) is 2.89. The lowest BCUT2D eigenvalue weighted by atomic mass is 10.1. The fourth-order valence-electron chi connectivity index (χ4n) is 3.83. The van der Waals surface area contributed by atoms with Gasteiger partial charge in [-0.3, -0.25) is 19.3 Å². The van der Waals surface area contributed by atoms with E-state index in [-0.39, 0.29) is 30.8 Å². The van der Waals surface area contributed by atoms with Crippen molar-refractivity contribution in [3.8, 4) is 17.2 Å². The van der Waals surface area contributed by atoms with E-state index in [1.165, 1.54) is 4.90 Å². The zero-order valence-electron chi connectivity index (χ0n) is 20.7. The second-order valence-electron chi connectivity index (χ2n) is 8.12. The van der Waals surface area contributed by atoms with Gasteiger partial charge in [-0.1, -0.05) is 19.9 Å². The first-order chi connectivity index (χ1) is 16.9. The quantitative estimate of drug-likeness (QED) is 0.464. The smallest absolute Gasteiger partial charge is 0.265 e. The first kappa shape index (κ1) is 26.0. The molecule has 1 aliphatic rings. The molecular weight excluding hydrogens is 450 g/mol. The van der Waals surface area contributed by atoms with Crippen LogP contribution in [0.3, 0.4) is 0 Å². The number of ketones is 1. The molecule has 1 atom stereocenters. The van der Waals surface area contributed by atoms with Crippen molar-refractivity contribution in [1.82, 2.24) is 10.2 Å². The number of nitrogens with one attached hydrogen (secondary N) is 1. The van der Waals surface area contributed by atoms with Crippen molar-refractivity contribution in [2.24, 2.45) is 0 Å². The highest BCUT2D eigenvalue weighted by atomic mass is 16.5. The van der Waals surface area contributed by atoms with E-state index in [1.54, 1.807) is 56.5 Å². The molecule has 0 radical (unpaired) electrons. The lowest BCUT2D eigenvalue weighted by molar-refractivity contribution is -0.127. The third kappa shape index (κ3) is 6.51. The number of rotatable bonds is 12. The van der Waals surface area contributed by atoms with E-state index < -0.39 is 6.04 Å². The molecule has 9 nitrogen and oxygen atoms in total. The lowest BCUT2D eigenvalue weighted by Crippen LogP contribution is -2.52. The Labute approximate surface area is 205 Å². The normalized spacial score (nSPS) is 13.6. The molecule has 2 aromatic rings. The fourth-order valence-corrected chi connectivity index (χ4v) is 3.83. The zero-order chi connectivity index (χ0) is 25.4. The van der Waals surface area contributed by atoms with Crippen LogP contribution < -0.4 is 24.4 Å². The zero-order valence-corrected chi connectivity index (χ0v) is 20.7. The van der Waals surface area contributed by atoms with Gasteiger partial charge >= 0.3 is 0 Å². The summed E-state index contributed by atoms with van der Waals surface area (Å²) in [7, 11) is 1.55. The number of methoxy groups -OCH3 is 1. The second kappa shape index (κ2) is 12.2. The monoisotopic (exact) mass is 483 g/mol. The molecule has 0 unspecified atom stereocenters. The summed E-state index contributed by atoms with van der Waals surface area (Å²) in [6, 6.07) is 11.0. The minimum Gasteiger partial charge on any atom is -0.497 e. The molecule has 0 spiro atoms. The topological polar surface area (TPSA) is 97.4 Å². The Morgan fingerprint density at radius 1 is 1.14 bits per heavy atom. The summed E-state index contributed by atoms with van der Waals surface area (Å²) in [5.74, 6) is 0.685.